The molecule has 1 aromatic heterocycles. The molecule has 0 spiro atoms. The molecule has 0 unspecified atom stereocenters. The van der Waals surface area contributed by atoms with E-state index in [1.807, 2.05) is 38.2 Å². The van der Waals surface area contributed by atoms with Gasteiger partial charge in [0, 0.05) is 17.1 Å². The zero-order valence-corrected chi connectivity index (χ0v) is 9.90. The van der Waals surface area contributed by atoms with Crippen LogP contribution >= 0.6 is 0 Å². The molecule has 0 atom stereocenters. The quantitative estimate of drug-likeness (QED) is 0.791. The summed E-state index contributed by atoms with van der Waals surface area (Å²) in [5.41, 5.74) is 8.44. The van der Waals surface area contributed by atoms with Crippen LogP contribution in [0.2, 0.25) is 0 Å². The highest BCUT2D eigenvalue weighted by molar-refractivity contribution is 5.83. The van der Waals surface area contributed by atoms with Gasteiger partial charge in [-0.15, -0.1) is 0 Å². The number of pyridine rings is 1. The van der Waals surface area contributed by atoms with E-state index < -0.39 is 0 Å². The highest BCUT2D eigenvalue weighted by Crippen LogP contribution is 2.44. The smallest absolute Gasteiger partial charge is 0.0705 e. The lowest BCUT2D eigenvalue weighted by Crippen LogP contribution is -2.18. The summed E-state index contributed by atoms with van der Waals surface area (Å²) in [5.74, 6) is 0. The first-order chi connectivity index (χ1) is 7.80. The van der Waals surface area contributed by atoms with E-state index in [2.05, 4.69) is 17.1 Å². The fraction of sp³-hybridized carbons (Fsp3) is 0.357. The second-order valence-electron chi connectivity index (χ2n) is 4.03. The third-order valence-electron chi connectivity index (χ3n) is 2.97. The van der Waals surface area contributed by atoms with Gasteiger partial charge in [-0.3, -0.25) is 4.98 Å². The van der Waals surface area contributed by atoms with E-state index >= 15 is 0 Å². The van der Waals surface area contributed by atoms with Gasteiger partial charge >= 0.3 is 0 Å². The Hall–Kier alpha value is -1.41. The topological polar surface area (TPSA) is 38.9 Å². The molecule has 2 nitrogen and oxygen atoms in total. The van der Waals surface area contributed by atoms with Crippen LogP contribution in [0.15, 0.2) is 36.5 Å². The molecule has 1 aliphatic rings. The van der Waals surface area contributed by atoms with Crippen LogP contribution in [-0.2, 0) is 5.54 Å². The maximum Gasteiger partial charge on any atom is 0.0705 e. The van der Waals surface area contributed by atoms with Crippen molar-refractivity contribution in [2.24, 2.45) is 5.73 Å². The van der Waals surface area contributed by atoms with Crippen LogP contribution in [-0.4, -0.2) is 4.98 Å². The fourth-order valence-corrected chi connectivity index (χ4v) is 1.94. The summed E-state index contributed by atoms with van der Waals surface area (Å²) in [6, 6.07) is 10.3. The van der Waals surface area contributed by atoms with Crippen LogP contribution in [0.25, 0.3) is 10.9 Å². The van der Waals surface area contributed by atoms with Gasteiger partial charge in [-0.2, -0.15) is 0 Å². The molecule has 1 aliphatic carbocycles. The van der Waals surface area contributed by atoms with Crippen molar-refractivity contribution in [1.82, 2.24) is 4.98 Å². The summed E-state index contributed by atoms with van der Waals surface area (Å²) in [6.07, 6.45) is 4.02. The van der Waals surface area contributed by atoms with Gasteiger partial charge < -0.3 is 5.73 Å². The average Bonchev–Trinajstić information content (AvgIpc) is 3.10. The first kappa shape index (κ1) is 11.1. The van der Waals surface area contributed by atoms with Crippen molar-refractivity contribution < 1.29 is 0 Å². The molecule has 0 aliphatic heterocycles. The average molecular weight is 214 g/mol. The van der Waals surface area contributed by atoms with E-state index in [9.17, 15) is 0 Å². The highest BCUT2D eigenvalue weighted by atomic mass is 14.8. The lowest BCUT2D eigenvalue weighted by atomic mass is 10.0. The first-order valence-corrected chi connectivity index (χ1v) is 5.93. The maximum absolute atomic E-state index is 6.21. The number of aromatic nitrogens is 1. The molecule has 0 amide bonds. The van der Waals surface area contributed by atoms with E-state index in [0.717, 1.165) is 18.4 Å². The number of hydrogen-bond acceptors (Lipinski definition) is 2. The van der Waals surface area contributed by atoms with E-state index in [1.54, 1.807) is 0 Å². The minimum absolute atomic E-state index is 0.0669. The number of nitrogens with two attached hydrogens (primary N) is 1. The number of fused-ring (bicyclic) bond motifs is 1. The molecule has 1 heterocycles. The molecule has 84 valence electrons. The predicted molar refractivity (Wildman–Crippen MR) is 68.2 cm³/mol. The second-order valence-corrected chi connectivity index (χ2v) is 4.03. The van der Waals surface area contributed by atoms with Crippen LogP contribution in [0.1, 0.15) is 32.3 Å². The Kier molecular flexibility index (Phi) is 2.92. The number of rotatable bonds is 1. The molecular formula is C14H18N2. The molecule has 1 fully saturated rings. The molecule has 2 N–H and O–H groups in total. The van der Waals surface area contributed by atoms with Gasteiger partial charge in [-0.25, -0.2) is 0 Å². The van der Waals surface area contributed by atoms with E-state index in [1.165, 1.54) is 10.9 Å². The fourth-order valence-electron chi connectivity index (χ4n) is 1.94. The van der Waals surface area contributed by atoms with Crippen molar-refractivity contribution in [2.75, 3.05) is 0 Å². The lowest BCUT2D eigenvalue weighted by molar-refractivity contribution is 0.748. The molecule has 1 aromatic carbocycles. The van der Waals surface area contributed by atoms with Gasteiger partial charge in [0.1, 0.15) is 0 Å². The Labute approximate surface area is 96.5 Å². The minimum Gasteiger partial charge on any atom is -0.321 e. The van der Waals surface area contributed by atoms with Gasteiger partial charge in [0.05, 0.1) is 5.52 Å². The lowest BCUT2D eigenvalue weighted by Gasteiger charge is -2.11. The third-order valence-corrected chi connectivity index (χ3v) is 2.97. The normalized spacial score (nSPS) is 16.4. The predicted octanol–water partition coefficient (Wildman–Crippen LogP) is 3.21. The number of nitrogens with zero attached hydrogens (tertiary/aromatic N) is 1. The van der Waals surface area contributed by atoms with Crippen molar-refractivity contribution in [1.29, 1.82) is 0 Å². The highest BCUT2D eigenvalue weighted by Gasteiger charge is 2.40. The molecule has 0 bridgehead atoms. The minimum atomic E-state index is -0.0669. The van der Waals surface area contributed by atoms with Crippen LogP contribution in [0.5, 0.6) is 0 Å². The number of benzene rings is 1. The Morgan fingerprint density at radius 2 is 1.88 bits per heavy atom. The molecule has 2 heteroatoms. The summed E-state index contributed by atoms with van der Waals surface area (Å²) >= 11 is 0. The molecule has 16 heavy (non-hydrogen) atoms. The molecule has 0 radical (unpaired) electrons. The van der Waals surface area contributed by atoms with Gasteiger partial charge in [0.15, 0.2) is 0 Å². The van der Waals surface area contributed by atoms with Crippen molar-refractivity contribution in [3.63, 3.8) is 0 Å². The first-order valence-electron chi connectivity index (χ1n) is 5.93. The Bertz CT molecular complexity index is 482. The van der Waals surface area contributed by atoms with E-state index in [-0.39, 0.29) is 5.54 Å². The zero-order valence-electron chi connectivity index (χ0n) is 9.90. The SMILES string of the molecule is CC.NC1(c2cccc3ncccc23)CC1. The summed E-state index contributed by atoms with van der Waals surface area (Å²) in [5, 5.41) is 1.20. The molecule has 3 rings (SSSR count). The Morgan fingerprint density at radius 3 is 2.56 bits per heavy atom. The monoisotopic (exact) mass is 214 g/mol. The van der Waals surface area contributed by atoms with Crippen molar-refractivity contribution in [3.05, 3.63) is 42.1 Å². The zero-order chi connectivity index (χ0) is 11.6. The summed E-state index contributed by atoms with van der Waals surface area (Å²) in [6.45, 7) is 4.00. The standard InChI is InChI=1S/C12H12N2.C2H6/c13-12(6-7-12)10-4-1-5-11-9(10)3-2-8-14-11;1-2/h1-5,8H,6-7,13H2;1-2H3. The maximum atomic E-state index is 6.21. The van der Waals surface area contributed by atoms with Gasteiger partial charge in [0.2, 0.25) is 0 Å². The number of hydrogen-bond donors (Lipinski definition) is 1. The summed E-state index contributed by atoms with van der Waals surface area (Å²) in [7, 11) is 0. The molecule has 2 aromatic rings. The molecular weight excluding hydrogens is 196 g/mol. The van der Waals surface area contributed by atoms with Crippen LogP contribution in [0, 0.1) is 0 Å². The van der Waals surface area contributed by atoms with Gasteiger partial charge in [-0.1, -0.05) is 32.0 Å². The largest absolute Gasteiger partial charge is 0.321 e. The second kappa shape index (κ2) is 4.22. The van der Waals surface area contributed by atoms with Gasteiger partial charge in [0.25, 0.3) is 0 Å². The molecule has 0 saturated heterocycles. The van der Waals surface area contributed by atoms with Crippen LogP contribution < -0.4 is 5.73 Å². The van der Waals surface area contributed by atoms with Crippen molar-refractivity contribution in [3.8, 4) is 0 Å². The molecule has 1 saturated carbocycles. The summed E-state index contributed by atoms with van der Waals surface area (Å²) in [4.78, 5) is 4.33. The van der Waals surface area contributed by atoms with Crippen LogP contribution in [0.4, 0.5) is 0 Å². The van der Waals surface area contributed by atoms with Crippen molar-refractivity contribution in [2.45, 2.75) is 32.2 Å². The Balaban J connectivity index is 0.000000457. The summed E-state index contributed by atoms with van der Waals surface area (Å²) < 4.78 is 0. The van der Waals surface area contributed by atoms with E-state index in [4.69, 9.17) is 5.73 Å². The van der Waals surface area contributed by atoms with Crippen molar-refractivity contribution >= 4 is 10.9 Å². The van der Waals surface area contributed by atoms with Gasteiger partial charge in [-0.05, 0) is 30.5 Å². The Morgan fingerprint density at radius 1 is 1.12 bits per heavy atom. The third kappa shape index (κ3) is 1.81. The van der Waals surface area contributed by atoms with E-state index in [0.29, 0.717) is 0 Å². The van der Waals surface area contributed by atoms with Crippen LogP contribution in [0.3, 0.4) is 0 Å².